The lowest BCUT2D eigenvalue weighted by Crippen LogP contribution is -2.47. The van der Waals surface area contributed by atoms with Gasteiger partial charge < -0.3 is 15.2 Å². The van der Waals surface area contributed by atoms with Crippen LogP contribution < -0.4 is 5.73 Å². The molecule has 0 amide bonds. The van der Waals surface area contributed by atoms with Gasteiger partial charge in [-0.05, 0) is 0 Å². The van der Waals surface area contributed by atoms with Crippen LogP contribution in [0.4, 0.5) is 0 Å². The summed E-state index contributed by atoms with van der Waals surface area (Å²) in [7, 11) is 0. The predicted molar refractivity (Wildman–Crippen MR) is 57.1 cm³/mol. The third-order valence-corrected chi connectivity index (χ3v) is 2.94. The molecule has 0 radical (unpaired) electrons. The first-order valence-electron chi connectivity index (χ1n) is 4.99. The number of nitrogens with zero attached hydrogens (tertiary/aromatic N) is 1. The maximum absolute atomic E-state index is 5.62. The van der Waals surface area contributed by atoms with Gasteiger partial charge in [0, 0.05) is 32.5 Å². The van der Waals surface area contributed by atoms with Crippen molar-refractivity contribution >= 4 is 17.2 Å². The molecule has 2 aliphatic heterocycles. The Morgan fingerprint density at radius 3 is 2.36 bits per heavy atom. The van der Waals surface area contributed by atoms with Gasteiger partial charge in [-0.25, -0.2) is 0 Å². The summed E-state index contributed by atoms with van der Waals surface area (Å²) in [6.45, 7) is 4.09. The van der Waals surface area contributed by atoms with E-state index in [2.05, 4.69) is 4.90 Å². The lowest BCUT2D eigenvalue weighted by molar-refractivity contribution is -0.184. The number of hydrogen-bond acceptors (Lipinski definition) is 4. The van der Waals surface area contributed by atoms with Crippen molar-refractivity contribution in [3.05, 3.63) is 0 Å². The Morgan fingerprint density at radius 1 is 1.29 bits per heavy atom. The van der Waals surface area contributed by atoms with Crippen LogP contribution in [0.2, 0.25) is 0 Å². The maximum atomic E-state index is 5.62. The fourth-order valence-corrected chi connectivity index (χ4v) is 2.24. The van der Waals surface area contributed by atoms with Crippen molar-refractivity contribution < 1.29 is 9.47 Å². The second kappa shape index (κ2) is 4.10. The van der Waals surface area contributed by atoms with Gasteiger partial charge >= 0.3 is 0 Å². The molecule has 0 saturated carbocycles. The van der Waals surface area contributed by atoms with E-state index in [1.165, 1.54) is 0 Å². The third kappa shape index (κ3) is 2.23. The molecule has 0 aliphatic carbocycles. The Labute approximate surface area is 89.3 Å². The van der Waals surface area contributed by atoms with Crippen LogP contribution in [0.1, 0.15) is 12.8 Å². The molecule has 1 spiro atoms. The summed E-state index contributed by atoms with van der Waals surface area (Å²) in [4.78, 5) is 2.81. The molecule has 5 heteroatoms. The fraction of sp³-hybridized carbons (Fsp3) is 0.889. The highest BCUT2D eigenvalue weighted by atomic mass is 32.1. The van der Waals surface area contributed by atoms with Gasteiger partial charge in [0.1, 0.15) is 0 Å². The monoisotopic (exact) mass is 216 g/mol. The van der Waals surface area contributed by atoms with E-state index < -0.39 is 0 Å². The summed E-state index contributed by atoms with van der Waals surface area (Å²) in [5, 5.41) is 0. The second-order valence-electron chi connectivity index (χ2n) is 3.85. The zero-order valence-corrected chi connectivity index (χ0v) is 9.02. The quantitative estimate of drug-likeness (QED) is 0.664. The highest BCUT2D eigenvalue weighted by molar-refractivity contribution is 7.80. The topological polar surface area (TPSA) is 47.7 Å². The van der Waals surface area contributed by atoms with Gasteiger partial charge in [-0.2, -0.15) is 0 Å². The van der Waals surface area contributed by atoms with Crippen LogP contribution in [-0.4, -0.2) is 48.5 Å². The number of piperidine rings is 1. The second-order valence-corrected chi connectivity index (χ2v) is 4.37. The average Bonchev–Trinajstić information content (AvgIpc) is 2.58. The SMILES string of the molecule is NC(=S)CN1CCC2(CC1)OCCO2. The lowest BCUT2D eigenvalue weighted by Gasteiger charge is -2.37. The van der Waals surface area contributed by atoms with Crippen LogP contribution in [0, 0.1) is 0 Å². The van der Waals surface area contributed by atoms with Crippen LogP contribution in [0.25, 0.3) is 0 Å². The minimum Gasteiger partial charge on any atom is -0.392 e. The van der Waals surface area contributed by atoms with E-state index in [4.69, 9.17) is 27.4 Å². The van der Waals surface area contributed by atoms with Gasteiger partial charge in [-0.3, -0.25) is 4.90 Å². The van der Waals surface area contributed by atoms with Gasteiger partial charge in [-0.15, -0.1) is 0 Å². The zero-order chi connectivity index (χ0) is 10.0. The summed E-state index contributed by atoms with van der Waals surface area (Å²) in [5.74, 6) is -0.285. The normalized spacial score (nSPS) is 26.9. The smallest absolute Gasteiger partial charge is 0.170 e. The first-order chi connectivity index (χ1) is 6.70. The number of rotatable bonds is 2. The summed E-state index contributed by atoms with van der Waals surface area (Å²) < 4.78 is 11.2. The summed E-state index contributed by atoms with van der Waals surface area (Å²) in [6, 6.07) is 0. The summed E-state index contributed by atoms with van der Waals surface area (Å²) >= 11 is 4.88. The predicted octanol–water partition coefficient (Wildman–Crippen LogP) is 0.111. The van der Waals surface area contributed by atoms with Gasteiger partial charge in [-0.1, -0.05) is 12.2 Å². The van der Waals surface area contributed by atoms with Crippen molar-refractivity contribution in [1.82, 2.24) is 4.90 Å². The zero-order valence-electron chi connectivity index (χ0n) is 8.20. The van der Waals surface area contributed by atoms with E-state index in [-0.39, 0.29) is 5.79 Å². The minimum atomic E-state index is -0.285. The Kier molecular flexibility index (Phi) is 3.02. The first kappa shape index (κ1) is 10.3. The molecule has 2 N–H and O–H groups in total. The van der Waals surface area contributed by atoms with Crippen molar-refractivity contribution in [3.8, 4) is 0 Å². The van der Waals surface area contributed by atoms with E-state index >= 15 is 0 Å². The Balaban J connectivity index is 1.82. The molecule has 0 atom stereocenters. The van der Waals surface area contributed by atoms with E-state index in [0.29, 0.717) is 11.5 Å². The van der Waals surface area contributed by atoms with Crippen molar-refractivity contribution in [2.24, 2.45) is 5.73 Å². The molecular formula is C9H16N2O2S. The summed E-state index contributed by atoms with van der Waals surface area (Å²) in [5.41, 5.74) is 5.50. The molecule has 2 fully saturated rings. The Morgan fingerprint density at radius 2 is 1.86 bits per heavy atom. The van der Waals surface area contributed by atoms with E-state index in [1.807, 2.05) is 0 Å². The number of thiocarbonyl (C=S) groups is 1. The highest BCUT2D eigenvalue weighted by Crippen LogP contribution is 2.30. The van der Waals surface area contributed by atoms with Gasteiger partial charge in [0.05, 0.1) is 18.2 Å². The molecule has 0 aromatic rings. The van der Waals surface area contributed by atoms with Crippen molar-refractivity contribution in [1.29, 1.82) is 0 Å². The number of ether oxygens (including phenoxy) is 2. The van der Waals surface area contributed by atoms with E-state index in [9.17, 15) is 0 Å². The lowest BCUT2D eigenvalue weighted by atomic mass is 10.0. The van der Waals surface area contributed by atoms with Crippen LogP contribution in [0.5, 0.6) is 0 Å². The van der Waals surface area contributed by atoms with Crippen molar-refractivity contribution in [2.45, 2.75) is 18.6 Å². The first-order valence-corrected chi connectivity index (χ1v) is 5.40. The summed E-state index contributed by atoms with van der Waals surface area (Å²) in [6.07, 6.45) is 1.85. The van der Waals surface area contributed by atoms with Crippen LogP contribution in [0.15, 0.2) is 0 Å². The van der Waals surface area contributed by atoms with Crippen molar-refractivity contribution in [2.75, 3.05) is 32.8 Å². The minimum absolute atomic E-state index is 0.285. The number of likely N-dealkylation sites (tertiary alicyclic amines) is 1. The molecule has 2 rings (SSSR count). The Bertz CT molecular complexity index is 219. The van der Waals surface area contributed by atoms with Crippen molar-refractivity contribution in [3.63, 3.8) is 0 Å². The largest absolute Gasteiger partial charge is 0.392 e. The molecule has 14 heavy (non-hydrogen) atoms. The molecule has 0 aromatic heterocycles. The molecule has 2 saturated heterocycles. The molecule has 2 heterocycles. The molecule has 0 aromatic carbocycles. The van der Waals surface area contributed by atoms with Gasteiger partial charge in [0.2, 0.25) is 0 Å². The molecular weight excluding hydrogens is 200 g/mol. The average molecular weight is 216 g/mol. The van der Waals surface area contributed by atoms with Gasteiger partial charge in [0.25, 0.3) is 0 Å². The van der Waals surface area contributed by atoms with Crippen LogP contribution in [0.3, 0.4) is 0 Å². The standard InChI is InChI=1S/C9H16N2O2S/c10-8(14)7-11-3-1-9(2-4-11)12-5-6-13-9/h1-7H2,(H2,10,14). The molecule has 0 unspecified atom stereocenters. The molecule has 0 bridgehead atoms. The maximum Gasteiger partial charge on any atom is 0.170 e. The molecule has 2 aliphatic rings. The van der Waals surface area contributed by atoms with E-state index in [0.717, 1.165) is 39.1 Å². The molecule has 4 nitrogen and oxygen atoms in total. The van der Waals surface area contributed by atoms with E-state index in [1.54, 1.807) is 0 Å². The number of hydrogen-bond donors (Lipinski definition) is 1. The van der Waals surface area contributed by atoms with Crippen LogP contribution in [-0.2, 0) is 9.47 Å². The Hall–Kier alpha value is -0.230. The third-order valence-electron chi connectivity index (χ3n) is 2.81. The van der Waals surface area contributed by atoms with Gasteiger partial charge in [0.15, 0.2) is 5.79 Å². The fourth-order valence-electron chi connectivity index (χ4n) is 2.06. The number of nitrogens with two attached hydrogens (primary N) is 1. The van der Waals surface area contributed by atoms with Crippen LogP contribution >= 0.6 is 12.2 Å². The molecule has 80 valence electrons. The highest BCUT2D eigenvalue weighted by Gasteiger charge is 2.39.